The Morgan fingerprint density at radius 2 is 1.45 bits per heavy atom. The number of alkyl halides is 2. The quantitative estimate of drug-likeness (QED) is 0.261. The van der Waals surface area contributed by atoms with E-state index in [1.54, 1.807) is 6.92 Å². The van der Waals surface area contributed by atoms with E-state index < -0.39 is 6.67 Å². The largest absolute Gasteiger partial charge is 0.501 e. The van der Waals surface area contributed by atoms with Crippen molar-refractivity contribution in [2.45, 2.75) is 13.8 Å². The van der Waals surface area contributed by atoms with Crippen LogP contribution in [0, 0.1) is 0 Å². The summed E-state index contributed by atoms with van der Waals surface area (Å²) in [6.45, 7) is 3.44. The molecule has 2 nitrogen and oxygen atoms in total. The first-order valence-corrected chi connectivity index (χ1v) is 6.94. The van der Waals surface area contributed by atoms with Gasteiger partial charge in [-0.15, -0.1) is 18.5 Å². The average Bonchev–Trinajstić information content (AvgIpc) is 2.36. The number of hydrogen-bond donors (Lipinski definition) is 0. The van der Waals surface area contributed by atoms with E-state index >= 15 is 0 Å². The summed E-state index contributed by atoms with van der Waals surface area (Å²) >= 11 is 0. The van der Waals surface area contributed by atoms with Crippen LogP contribution >= 0.6 is 18.5 Å². The predicted octanol–water partition coefficient (Wildman–Crippen LogP) is 1.82. The second-order valence-electron chi connectivity index (χ2n) is 2.03. The van der Waals surface area contributed by atoms with Crippen LogP contribution in [0.25, 0.3) is 0 Å². The minimum absolute atomic E-state index is 0. The molecule has 0 aliphatic carbocycles. The van der Waals surface area contributed by atoms with Gasteiger partial charge in [-0.2, -0.15) is 6.92 Å². The molecule has 0 heterocycles. The maximum Gasteiger partial charge on any atom is 0.106 e. The maximum absolute atomic E-state index is 11.0. The fourth-order valence-corrected chi connectivity index (χ4v) is 0.308. The van der Waals surface area contributed by atoms with Gasteiger partial charge in [0, 0.05) is 72.0 Å². The molecule has 0 aliphatic heterocycles. The fourth-order valence-electron chi connectivity index (χ4n) is 0.308. The number of aliphatic imine (C=N–C) groups is 2. The topological polar surface area (TPSA) is 24.7 Å². The summed E-state index contributed by atoms with van der Waals surface area (Å²) in [5.74, 6) is 0. The van der Waals surface area contributed by atoms with Gasteiger partial charge < -0.3 is 22.4 Å². The van der Waals surface area contributed by atoms with E-state index in [1.807, 2.05) is 6.92 Å². The third kappa shape index (κ3) is 109. The minimum atomic E-state index is -0.562. The SMILES string of the molecule is CCN=[C-]C[18F].C[C-]=NCC[18F].[B]CP.[B]CP.[Y].[Y]. The molecule has 0 aromatic carbocycles. The van der Waals surface area contributed by atoms with Crippen LogP contribution in [0.5, 0.6) is 0 Å². The van der Waals surface area contributed by atoms with Crippen LogP contribution in [0.2, 0.25) is 0 Å². The van der Waals surface area contributed by atoms with Crippen molar-refractivity contribution in [1.82, 2.24) is 0 Å². The number of halogens is 2. The molecule has 20 heavy (non-hydrogen) atoms. The summed E-state index contributed by atoms with van der Waals surface area (Å²) < 4.78 is 22.0. The van der Waals surface area contributed by atoms with Gasteiger partial charge in [-0.25, -0.2) is 4.39 Å². The van der Waals surface area contributed by atoms with Crippen molar-refractivity contribution < 1.29 is 74.2 Å². The van der Waals surface area contributed by atoms with Crippen molar-refractivity contribution in [3.63, 3.8) is 0 Å². The first kappa shape index (κ1) is 38.1. The average molecular weight is 468 g/mol. The normalized spacial score (nSPS) is 7.90. The Kier molecular flexibility index (Phi) is 110. The van der Waals surface area contributed by atoms with Crippen molar-refractivity contribution in [3.8, 4) is 0 Å². The van der Waals surface area contributed by atoms with Gasteiger partial charge in [0.1, 0.15) is 6.67 Å². The van der Waals surface area contributed by atoms with Crippen LogP contribution in [0.3, 0.4) is 0 Å². The molecule has 6 radical (unpaired) electrons. The molecule has 0 bridgehead atoms. The van der Waals surface area contributed by atoms with Gasteiger partial charge in [0.15, 0.2) is 0 Å². The first-order valence-electron chi connectivity index (χ1n) is 5.31. The second-order valence-corrected chi connectivity index (χ2v) is 2.97. The van der Waals surface area contributed by atoms with E-state index in [2.05, 4.69) is 40.9 Å². The number of nitrogens with zero attached hydrogens (tertiary/aromatic N) is 2. The zero-order valence-electron chi connectivity index (χ0n) is 12.4. The standard InChI is InChI=1S/2C4H7FN.2CH4BP.2Y/c2*1-2-6-4-3-5;2*2-1-3;;/h3-4H2,1H3;2-3H2,1H3;2*1,3H2;;/q2*-1;;;;/i2*5-1;;;;. The Hall–Kier alpha value is 2.40. The van der Waals surface area contributed by atoms with Gasteiger partial charge in [0.25, 0.3) is 0 Å². The molecule has 0 fully saturated rings. The van der Waals surface area contributed by atoms with Crippen LogP contribution in [-0.4, -0.2) is 66.7 Å². The molecular weight excluding hydrogens is 446 g/mol. The zero-order chi connectivity index (χ0) is 15.1. The molecule has 0 aromatic heterocycles. The van der Waals surface area contributed by atoms with Gasteiger partial charge >= 0.3 is 0 Å². The van der Waals surface area contributed by atoms with E-state index in [1.165, 1.54) is 0 Å². The van der Waals surface area contributed by atoms with Gasteiger partial charge in [-0.3, -0.25) is 4.39 Å². The molecular formula is C10H22B2F2N2P2Y2-2. The van der Waals surface area contributed by atoms with Gasteiger partial charge in [0.05, 0.1) is 15.7 Å². The van der Waals surface area contributed by atoms with Crippen molar-refractivity contribution in [2.75, 3.05) is 38.6 Å². The van der Waals surface area contributed by atoms with Crippen molar-refractivity contribution in [3.05, 3.63) is 0 Å². The molecule has 0 aliphatic rings. The Morgan fingerprint density at radius 3 is 1.55 bits per heavy atom. The van der Waals surface area contributed by atoms with Crippen LogP contribution in [0.1, 0.15) is 13.8 Å². The first-order chi connectivity index (χ1) is 8.66. The summed E-state index contributed by atoms with van der Waals surface area (Å²) in [6, 6.07) is 1.33. The molecule has 0 aromatic rings. The summed E-state index contributed by atoms with van der Waals surface area (Å²) in [5.41, 5.74) is 0. The smallest absolute Gasteiger partial charge is 0.106 e. The van der Waals surface area contributed by atoms with E-state index in [0.717, 1.165) is 0 Å². The van der Waals surface area contributed by atoms with Crippen molar-refractivity contribution in [1.29, 1.82) is 0 Å². The van der Waals surface area contributed by atoms with Gasteiger partial charge in [-0.1, -0.05) is 12.1 Å². The fraction of sp³-hybridized carbons (Fsp3) is 0.800. The Bertz CT molecular complexity index is 155. The number of rotatable bonds is 4. The van der Waals surface area contributed by atoms with E-state index in [9.17, 15) is 8.78 Å². The summed E-state index contributed by atoms with van der Waals surface area (Å²) in [6.07, 6.45) is 4.61. The molecule has 2 atom stereocenters. The Balaban J connectivity index is -0.0000000332. The van der Waals surface area contributed by atoms with Gasteiger partial charge in [0.2, 0.25) is 0 Å². The monoisotopic (exact) mass is 468 g/mol. The third-order valence-corrected chi connectivity index (χ3v) is 0.684. The van der Waals surface area contributed by atoms with Crippen LogP contribution in [0.15, 0.2) is 9.98 Å². The van der Waals surface area contributed by atoms with E-state index in [-0.39, 0.29) is 78.6 Å². The third-order valence-electron chi connectivity index (χ3n) is 0.684. The molecule has 0 saturated heterocycles. The summed E-state index contributed by atoms with van der Waals surface area (Å²) in [7, 11) is 14.3. The molecule has 0 rings (SSSR count). The Morgan fingerprint density at radius 1 is 1.05 bits per heavy atom. The maximum atomic E-state index is 11.0. The molecule has 0 N–H and O–H groups in total. The Labute approximate surface area is 181 Å². The minimum Gasteiger partial charge on any atom is -0.501 e. The molecule has 2 unspecified atom stereocenters. The van der Waals surface area contributed by atoms with Crippen LogP contribution in [0.4, 0.5) is 8.78 Å². The molecule has 0 spiro atoms. The van der Waals surface area contributed by atoms with Gasteiger partial charge in [-0.05, 0) is 20.1 Å². The molecule has 0 amide bonds. The number of hydrogen-bond acceptors (Lipinski definition) is 2. The van der Waals surface area contributed by atoms with E-state index in [0.29, 0.717) is 18.7 Å². The summed E-state index contributed by atoms with van der Waals surface area (Å²) in [4.78, 5) is 6.93. The van der Waals surface area contributed by atoms with Crippen molar-refractivity contribution >= 4 is 46.6 Å². The van der Waals surface area contributed by atoms with Crippen molar-refractivity contribution in [2.24, 2.45) is 9.98 Å². The molecule has 0 saturated carbocycles. The second kappa shape index (κ2) is 57.9. The van der Waals surface area contributed by atoms with Crippen LogP contribution in [-0.2, 0) is 65.4 Å². The zero-order valence-corrected chi connectivity index (χ0v) is 20.3. The molecule has 110 valence electrons. The van der Waals surface area contributed by atoms with E-state index in [4.69, 9.17) is 15.7 Å². The molecule has 10 heteroatoms. The van der Waals surface area contributed by atoms with Crippen LogP contribution < -0.4 is 0 Å². The predicted molar refractivity (Wildman–Crippen MR) is 88.6 cm³/mol. The summed E-state index contributed by atoms with van der Waals surface area (Å²) in [5, 5.41) is 0.